The summed E-state index contributed by atoms with van der Waals surface area (Å²) < 4.78 is 42.8. The van der Waals surface area contributed by atoms with Gasteiger partial charge in [0.1, 0.15) is 5.71 Å². The fraction of sp³-hybridized carbons (Fsp3) is 0.348. The van der Waals surface area contributed by atoms with Gasteiger partial charge < -0.3 is 4.90 Å². The van der Waals surface area contributed by atoms with Gasteiger partial charge in [0.25, 0.3) is 0 Å². The molecule has 3 rings (SSSR count). The van der Waals surface area contributed by atoms with Crippen LogP contribution < -0.4 is 14.6 Å². The summed E-state index contributed by atoms with van der Waals surface area (Å²) in [5, 5.41) is 5.37. The largest absolute Gasteiger partial charge is 0.430 e. The summed E-state index contributed by atoms with van der Waals surface area (Å²) in [4.78, 5) is 3.18. The van der Waals surface area contributed by atoms with E-state index in [0.717, 1.165) is 30.3 Å². The van der Waals surface area contributed by atoms with Crippen molar-refractivity contribution in [2.75, 3.05) is 30.5 Å². The Kier molecular flexibility index (Phi) is 7.33. The van der Waals surface area contributed by atoms with Crippen LogP contribution in [0.4, 0.5) is 24.5 Å². The number of likely N-dealkylation sites (N-methyl/N-ethyl adjacent to an activating group) is 1. The molecule has 1 heterocycles. The van der Waals surface area contributed by atoms with E-state index in [1.165, 1.54) is 28.2 Å². The Morgan fingerprint density at radius 2 is 1.94 bits per heavy atom. The fourth-order valence-corrected chi connectivity index (χ4v) is 4.01. The van der Waals surface area contributed by atoms with E-state index in [0.29, 0.717) is 17.8 Å². The Morgan fingerprint density at radius 3 is 2.55 bits per heavy atom. The summed E-state index contributed by atoms with van der Waals surface area (Å²) in [6.45, 7) is 3.80. The Balaban J connectivity index is 1.94. The van der Waals surface area contributed by atoms with Gasteiger partial charge in [-0.05, 0) is 80.7 Å². The molecule has 0 aliphatic carbocycles. The molecule has 31 heavy (non-hydrogen) atoms. The minimum atomic E-state index is -4.49. The molecule has 0 spiro atoms. The average molecular weight is 449 g/mol. The van der Waals surface area contributed by atoms with Crippen molar-refractivity contribution in [1.82, 2.24) is 4.72 Å². The first kappa shape index (κ1) is 23.2. The van der Waals surface area contributed by atoms with Gasteiger partial charge in [-0.3, -0.25) is 4.72 Å². The van der Waals surface area contributed by atoms with Gasteiger partial charge in [-0.15, -0.1) is 0 Å². The minimum Gasteiger partial charge on any atom is -0.374 e. The lowest BCUT2D eigenvalue weighted by atomic mass is 10.0. The van der Waals surface area contributed by atoms with E-state index in [4.69, 9.17) is 0 Å². The molecule has 2 aromatic rings. The van der Waals surface area contributed by atoms with Crippen molar-refractivity contribution in [3.8, 4) is 0 Å². The molecular weight excluding hydrogens is 421 g/mol. The highest BCUT2D eigenvalue weighted by Crippen LogP contribution is 2.31. The van der Waals surface area contributed by atoms with Crippen molar-refractivity contribution >= 4 is 29.0 Å². The van der Waals surface area contributed by atoms with Crippen molar-refractivity contribution in [2.45, 2.75) is 37.8 Å². The van der Waals surface area contributed by atoms with E-state index < -0.39 is 11.9 Å². The Labute approximate surface area is 185 Å². The first-order valence-electron chi connectivity index (χ1n) is 10.1. The van der Waals surface area contributed by atoms with Crippen LogP contribution in [0.5, 0.6) is 0 Å². The van der Waals surface area contributed by atoms with Crippen LogP contribution >= 0.6 is 11.9 Å². The first-order chi connectivity index (χ1) is 14.7. The molecule has 0 bridgehead atoms. The number of nitrogens with zero attached hydrogens (tertiary/aromatic N) is 3. The van der Waals surface area contributed by atoms with Crippen LogP contribution in [0.3, 0.4) is 0 Å². The molecule has 0 saturated heterocycles. The highest BCUT2D eigenvalue weighted by Gasteiger charge is 2.33. The quantitative estimate of drug-likeness (QED) is 0.330. The normalized spacial score (nSPS) is 14.7. The number of alkyl halides is 3. The van der Waals surface area contributed by atoms with Crippen LogP contribution in [0.1, 0.15) is 25.0 Å². The number of fused-ring (bicyclic) bond motifs is 1. The van der Waals surface area contributed by atoms with Gasteiger partial charge in [0.2, 0.25) is 0 Å². The number of allylic oxidation sites excluding steroid dienone is 2. The number of benzene rings is 2. The summed E-state index contributed by atoms with van der Waals surface area (Å²) in [6.07, 6.45) is -1.21. The van der Waals surface area contributed by atoms with Crippen LogP contribution in [-0.4, -0.2) is 32.5 Å². The van der Waals surface area contributed by atoms with Crippen molar-refractivity contribution in [1.29, 1.82) is 0 Å². The van der Waals surface area contributed by atoms with Crippen LogP contribution in [0.25, 0.3) is 0 Å². The molecule has 166 valence electrons. The van der Waals surface area contributed by atoms with Crippen molar-refractivity contribution in [2.24, 2.45) is 5.10 Å². The number of hydrogen-bond donors (Lipinski definition) is 1. The molecule has 0 atom stereocenters. The third-order valence-corrected chi connectivity index (χ3v) is 5.94. The third kappa shape index (κ3) is 5.62. The molecule has 0 saturated carbocycles. The number of halogens is 3. The topological polar surface area (TPSA) is 30.9 Å². The smallest absolute Gasteiger partial charge is 0.374 e. The molecule has 1 aliphatic heterocycles. The monoisotopic (exact) mass is 448 g/mol. The van der Waals surface area contributed by atoms with Gasteiger partial charge in [-0.25, -0.2) is 5.01 Å². The van der Waals surface area contributed by atoms with Gasteiger partial charge in [0.15, 0.2) is 0 Å². The van der Waals surface area contributed by atoms with Crippen LogP contribution in [-0.2, 0) is 12.8 Å². The highest BCUT2D eigenvalue weighted by molar-refractivity contribution is 7.97. The predicted octanol–water partition coefficient (Wildman–Crippen LogP) is 5.80. The molecule has 0 amide bonds. The molecule has 0 unspecified atom stereocenters. The van der Waals surface area contributed by atoms with Gasteiger partial charge in [0.05, 0.1) is 5.69 Å². The van der Waals surface area contributed by atoms with E-state index in [9.17, 15) is 13.2 Å². The average Bonchev–Trinajstić information content (AvgIpc) is 3.10. The van der Waals surface area contributed by atoms with Crippen LogP contribution in [0.2, 0.25) is 0 Å². The number of nitrogens with one attached hydrogen (secondary N) is 1. The summed E-state index contributed by atoms with van der Waals surface area (Å²) >= 11 is 1.44. The zero-order chi connectivity index (χ0) is 22.6. The van der Waals surface area contributed by atoms with Gasteiger partial charge in [-0.1, -0.05) is 18.2 Å². The van der Waals surface area contributed by atoms with Crippen molar-refractivity contribution < 1.29 is 13.2 Å². The van der Waals surface area contributed by atoms with Gasteiger partial charge in [0, 0.05) is 36.3 Å². The van der Waals surface area contributed by atoms with Crippen molar-refractivity contribution in [3.05, 3.63) is 65.4 Å². The SMILES string of the molecule is C/C=C(/Cc1ccc2c(c1)CCN2C)N(/N=C(\C)C(F)(F)F)c1ccc(SNC)cc1. The second-order valence-corrected chi connectivity index (χ2v) is 8.47. The molecule has 2 aromatic carbocycles. The summed E-state index contributed by atoms with van der Waals surface area (Å²) in [5.74, 6) is 0. The molecule has 1 N–H and O–H groups in total. The van der Waals surface area contributed by atoms with Gasteiger partial charge >= 0.3 is 6.18 Å². The third-order valence-electron chi connectivity index (χ3n) is 5.22. The van der Waals surface area contributed by atoms with Crippen LogP contribution in [0, 0.1) is 0 Å². The lowest BCUT2D eigenvalue weighted by molar-refractivity contribution is -0.0594. The van der Waals surface area contributed by atoms with Crippen molar-refractivity contribution in [3.63, 3.8) is 0 Å². The molecule has 0 radical (unpaired) electrons. The molecular formula is C23H27F3N4S. The number of anilines is 2. The number of hydrogen-bond acceptors (Lipinski definition) is 5. The Bertz CT molecular complexity index is 968. The maximum Gasteiger partial charge on any atom is 0.430 e. The van der Waals surface area contributed by atoms with E-state index in [1.54, 1.807) is 12.1 Å². The Hall–Kier alpha value is -2.45. The maximum absolute atomic E-state index is 13.3. The Morgan fingerprint density at radius 1 is 1.23 bits per heavy atom. The first-order valence-corrected chi connectivity index (χ1v) is 10.9. The molecule has 1 aliphatic rings. The fourth-order valence-electron chi connectivity index (χ4n) is 3.51. The molecule has 4 nitrogen and oxygen atoms in total. The lowest BCUT2D eigenvalue weighted by Gasteiger charge is -2.24. The van der Waals surface area contributed by atoms with Crippen LogP contribution in [0.15, 0.2) is 64.2 Å². The zero-order valence-corrected chi connectivity index (χ0v) is 18.9. The zero-order valence-electron chi connectivity index (χ0n) is 18.1. The summed E-state index contributed by atoms with van der Waals surface area (Å²) in [7, 11) is 3.88. The number of rotatable bonds is 7. The maximum atomic E-state index is 13.3. The predicted molar refractivity (Wildman–Crippen MR) is 124 cm³/mol. The molecule has 0 fully saturated rings. The lowest BCUT2D eigenvalue weighted by Crippen LogP contribution is -2.26. The second kappa shape index (κ2) is 9.78. The van der Waals surface area contributed by atoms with E-state index in [-0.39, 0.29) is 0 Å². The van der Waals surface area contributed by atoms with E-state index in [2.05, 4.69) is 33.9 Å². The highest BCUT2D eigenvalue weighted by atomic mass is 32.2. The van der Waals surface area contributed by atoms with E-state index in [1.807, 2.05) is 38.2 Å². The minimum absolute atomic E-state index is 0.481. The van der Waals surface area contributed by atoms with Gasteiger partial charge in [-0.2, -0.15) is 18.3 Å². The molecule has 0 aromatic heterocycles. The standard InChI is InChI=1S/C23H27F3N4S/c1-5-19(15-17-6-11-22-18(14-17)12-13-29(22)4)30(28-16(2)23(24,25)26)20-7-9-21(10-8-20)31-27-3/h5-11,14,27H,12-13,15H2,1-4H3/b19-5-,28-16+. The molecule has 8 heteroatoms. The summed E-state index contributed by atoms with van der Waals surface area (Å²) in [5.41, 5.74) is 3.91. The second-order valence-electron chi connectivity index (χ2n) is 7.39. The number of hydrazone groups is 1. The summed E-state index contributed by atoms with van der Waals surface area (Å²) in [6, 6.07) is 13.6. The van der Waals surface area contributed by atoms with E-state index >= 15 is 0 Å².